The molecule has 0 saturated carbocycles. The van der Waals surface area contributed by atoms with Crippen LogP contribution in [-0.4, -0.2) is 11.1 Å². The molecule has 128 valence electrons. The maximum atomic E-state index is 10.9. The van der Waals surface area contributed by atoms with Gasteiger partial charge in [0.1, 0.15) is 12.4 Å². The summed E-state index contributed by atoms with van der Waals surface area (Å²) in [6.07, 6.45) is 0.971. The van der Waals surface area contributed by atoms with Crippen LogP contribution in [0.25, 0.3) is 0 Å². The van der Waals surface area contributed by atoms with Crippen molar-refractivity contribution >= 4 is 21.9 Å². The fourth-order valence-corrected chi connectivity index (χ4v) is 3.08. The third-order valence-corrected chi connectivity index (χ3v) is 4.49. The van der Waals surface area contributed by atoms with E-state index in [1.54, 1.807) is 24.3 Å². The predicted molar refractivity (Wildman–Crippen MR) is 100.0 cm³/mol. The molecule has 0 fully saturated rings. The van der Waals surface area contributed by atoms with Gasteiger partial charge in [-0.2, -0.15) is 0 Å². The maximum absolute atomic E-state index is 10.9. The van der Waals surface area contributed by atoms with E-state index in [0.717, 1.165) is 27.8 Å². The van der Waals surface area contributed by atoms with Gasteiger partial charge in [-0.1, -0.05) is 45.9 Å². The van der Waals surface area contributed by atoms with Crippen molar-refractivity contribution in [1.29, 1.82) is 0 Å². The summed E-state index contributed by atoms with van der Waals surface area (Å²) in [6.45, 7) is 9.04. The molecule has 1 N–H and O–H groups in total. The van der Waals surface area contributed by atoms with E-state index in [1.807, 2.05) is 0 Å². The molecule has 0 atom stereocenters. The van der Waals surface area contributed by atoms with Gasteiger partial charge in [-0.05, 0) is 57.1 Å². The molecule has 4 heteroatoms. The lowest BCUT2D eigenvalue weighted by Crippen LogP contribution is -2.14. The summed E-state index contributed by atoms with van der Waals surface area (Å²) in [4.78, 5) is 10.9. The summed E-state index contributed by atoms with van der Waals surface area (Å²) < 4.78 is 7.04. The Morgan fingerprint density at radius 3 is 2.25 bits per heavy atom. The summed E-state index contributed by atoms with van der Waals surface area (Å²) in [6, 6.07) is 11.1. The van der Waals surface area contributed by atoms with Crippen molar-refractivity contribution < 1.29 is 14.6 Å². The van der Waals surface area contributed by atoms with Gasteiger partial charge in [0.25, 0.3) is 0 Å². The molecule has 0 aliphatic heterocycles. The van der Waals surface area contributed by atoms with Crippen molar-refractivity contribution in [2.24, 2.45) is 0 Å². The first-order valence-corrected chi connectivity index (χ1v) is 8.79. The Bertz CT molecular complexity index is 728. The number of benzene rings is 2. The summed E-state index contributed by atoms with van der Waals surface area (Å²) in [5.74, 6) is -0.0719. The minimum absolute atomic E-state index is 0.0315. The standard InChI is InChI=1S/C20H23BrO3/c1-5-13-10-16(20(2,3)4)18(17(21)11-13)24-12-14-6-8-15(9-7-14)19(22)23/h6-11H,5,12H2,1-4H3,(H,22,23). The van der Waals surface area contributed by atoms with Crippen LogP contribution in [0.4, 0.5) is 0 Å². The summed E-state index contributed by atoms with van der Waals surface area (Å²) in [5, 5.41) is 8.96. The monoisotopic (exact) mass is 390 g/mol. The molecule has 2 aromatic carbocycles. The minimum Gasteiger partial charge on any atom is -0.487 e. The summed E-state index contributed by atoms with van der Waals surface area (Å²) in [5.41, 5.74) is 3.62. The van der Waals surface area contributed by atoms with Crippen LogP contribution in [-0.2, 0) is 18.4 Å². The van der Waals surface area contributed by atoms with E-state index in [2.05, 4.69) is 55.8 Å². The normalized spacial score (nSPS) is 11.4. The molecule has 24 heavy (non-hydrogen) atoms. The Balaban J connectivity index is 2.27. The van der Waals surface area contributed by atoms with Crippen molar-refractivity contribution in [2.75, 3.05) is 0 Å². The van der Waals surface area contributed by atoms with Gasteiger partial charge in [0.05, 0.1) is 10.0 Å². The van der Waals surface area contributed by atoms with E-state index in [9.17, 15) is 4.79 Å². The van der Waals surface area contributed by atoms with E-state index in [0.29, 0.717) is 6.61 Å². The highest BCUT2D eigenvalue weighted by atomic mass is 79.9. The lowest BCUT2D eigenvalue weighted by atomic mass is 9.85. The number of carboxylic acid groups (broad SMARTS) is 1. The molecule has 3 nitrogen and oxygen atoms in total. The first-order chi connectivity index (χ1) is 11.2. The van der Waals surface area contributed by atoms with E-state index in [1.165, 1.54) is 5.56 Å². The molecule has 2 aromatic rings. The third kappa shape index (κ3) is 4.38. The topological polar surface area (TPSA) is 46.5 Å². The van der Waals surface area contributed by atoms with Crippen LogP contribution in [0.2, 0.25) is 0 Å². The Labute approximate surface area is 151 Å². The van der Waals surface area contributed by atoms with Crippen LogP contribution in [0.3, 0.4) is 0 Å². The highest BCUT2D eigenvalue weighted by Crippen LogP contribution is 2.38. The summed E-state index contributed by atoms with van der Waals surface area (Å²) in [7, 11) is 0. The SMILES string of the molecule is CCc1cc(Br)c(OCc2ccc(C(=O)O)cc2)c(C(C)(C)C)c1. The smallest absolute Gasteiger partial charge is 0.335 e. The maximum Gasteiger partial charge on any atom is 0.335 e. The van der Waals surface area contributed by atoms with Crippen molar-refractivity contribution in [3.8, 4) is 5.75 Å². The average molecular weight is 391 g/mol. The highest BCUT2D eigenvalue weighted by Gasteiger charge is 2.22. The number of hydrogen-bond donors (Lipinski definition) is 1. The molecule has 0 aliphatic rings. The van der Waals surface area contributed by atoms with E-state index >= 15 is 0 Å². The van der Waals surface area contributed by atoms with Crippen LogP contribution in [0.1, 0.15) is 54.7 Å². The first kappa shape index (κ1) is 18.5. The van der Waals surface area contributed by atoms with Gasteiger partial charge in [-0.3, -0.25) is 0 Å². The molecule has 0 spiro atoms. The molecule has 0 aliphatic carbocycles. The van der Waals surface area contributed by atoms with Crippen molar-refractivity contribution in [3.05, 3.63) is 63.1 Å². The second kappa shape index (κ2) is 7.39. The van der Waals surface area contributed by atoms with Crippen molar-refractivity contribution in [3.63, 3.8) is 0 Å². The molecule has 0 aromatic heterocycles. The van der Waals surface area contributed by atoms with Gasteiger partial charge in [0, 0.05) is 5.56 Å². The molecule has 0 radical (unpaired) electrons. The van der Waals surface area contributed by atoms with E-state index in [4.69, 9.17) is 9.84 Å². The molecule has 0 unspecified atom stereocenters. The Hall–Kier alpha value is -1.81. The van der Waals surface area contributed by atoms with Gasteiger partial charge >= 0.3 is 5.97 Å². The van der Waals surface area contributed by atoms with Crippen LogP contribution in [0.5, 0.6) is 5.75 Å². The van der Waals surface area contributed by atoms with Gasteiger partial charge in [0.15, 0.2) is 0 Å². The predicted octanol–water partition coefficient (Wildman–Crippen LogP) is 5.59. The zero-order valence-corrected chi connectivity index (χ0v) is 16.1. The summed E-state index contributed by atoms with van der Waals surface area (Å²) >= 11 is 3.63. The van der Waals surface area contributed by atoms with Crippen LogP contribution < -0.4 is 4.74 Å². The molecule has 0 saturated heterocycles. The minimum atomic E-state index is -0.921. The van der Waals surface area contributed by atoms with Gasteiger partial charge in [0.2, 0.25) is 0 Å². The quantitative estimate of drug-likeness (QED) is 0.723. The van der Waals surface area contributed by atoms with E-state index < -0.39 is 5.97 Å². The number of hydrogen-bond acceptors (Lipinski definition) is 2. The number of carboxylic acids is 1. The molecule has 2 rings (SSSR count). The van der Waals surface area contributed by atoms with Gasteiger partial charge in [-0.15, -0.1) is 0 Å². The second-order valence-corrected chi connectivity index (χ2v) is 7.70. The number of ether oxygens (including phenoxy) is 1. The molecule has 0 amide bonds. The second-order valence-electron chi connectivity index (χ2n) is 6.85. The number of rotatable bonds is 5. The lowest BCUT2D eigenvalue weighted by molar-refractivity contribution is 0.0697. The van der Waals surface area contributed by atoms with Crippen LogP contribution in [0, 0.1) is 0 Å². The molecule has 0 bridgehead atoms. The lowest BCUT2D eigenvalue weighted by Gasteiger charge is -2.25. The Morgan fingerprint density at radius 2 is 1.75 bits per heavy atom. The van der Waals surface area contributed by atoms with Gasteiger partial charge in [-0.25, -0.2) is 4.79 Å². The van der Waals surface area contributed by atoms with Gasteiger partial charge < -0.3 is 9.84 Å². The number of aryl methyl sites for hydroxylation is 1. The fourth-order valence-electron chi connectivity index (χ4n) is 2.46. The molecular formula is C20H23BrO3. The number of carbonyl (C=O) groups is 1. The molecular weight excluding hydrogens is 368 g/mol. The Kier molecular flexibility index (Phi) is 5.70. The van der Waals surface area contributed by atoms with Crippen molar-refractivity contribution in [2.45, 2.75) is 46.1 Å². The highest BCUT2D eigenvalue weighted by molar-refractivity contribution is 9.10. The Morgan fingerprint density at radius 1 is 1.12 bits per heavy atom. The largest absolute Gasteiger partial charge is 0.487 e. The average Bonchev–Trinajstić information content (AvgIpc) is 2.52. The van der Waals surface area contributed by atoms with E-state index in [-0.39, 0.29) is 11.0 Å². The first-order valence-electron chi connectivity index (χ1n) is 8.00. The van der Waals surface area contributed by atoms with Crippen LogP contribution >= 0.6 is 15.9 Å². The molecule has 0 heterocycles. The zero-order chi connectivity index (χ0) is 17.9. The number of aromatic carboxylic acids is 1. The zero-order valence-electron chi connectivity index (χ0n) is 14.5. The third-order valence-electron chi connectivity index (χ3n) is 3.90. The fraction of sp³-hybridized carbons (Fsp3) is 0.350. The van der Waals surface area contributed by atoms with Crippen molar-refractivity contribution in [1.82, 2.24) is 0 Å². The number of halogens is 1. The van der Waals surface area contributed by atoms with Crippen LogP contribution in [0.15, 0.2) is 40.9 Å².